The second-order valence-electron chi connectivity index (χ2n) is 8.16. The van der Waals surface area contributed by atoms with Crippen LogP contribution in [0.3, 0.4) is 0 Å². The van der Waals surface area contributed by atoms with Crippen molar-refractivity contribution >= 4 is 7.60 Å². The van der Waals surface area contributed by atoms with Crippen molar-refractivity contribution in [2.24, 2.45) is 0 Å². The highest BCUT2D eigenvalue weighted by Gasteiger charge is 2.25. The van der Waals surface area contributed by atoms with Gasteiger partial charge in [0.25, 0.3) is 0 Å². The molecule has 0 aliphatic heterocycles. The Morgan fingerprint density at radius 2 is 1.32 bits per heavy atom. The Balaban J connectivity index is 2.35. The lowest BCUT2D eigenvalue weighted by Gasteiger charge is -2.19. The summed E-state index contributed by atoms with van der Waals surface area (Å²) in [6.45, 7) is 9.21. The lowest BCUT2D eigenvalue weighted by molar-refractivity contribution is 0.257. The summed E-state index contributed by atoms with van der Waals surface area (Å²) < 4.78 is 24.8. The van der Waals surface area contributed by atoms with E-state index in [1.165, 1.54) is 50.5 Å². The lowest BCUT2D eigenvalue weighted by Crippen LogP contribution is -2.04. The highest BCUT2D eigenvalue weighted by molar-refractivity contribution is 7.54. The molecule has 0 N–H and O–H groups in total. The number of rotatable bonds is 17. The maximum atomic E-state index is 13.2. The fraction of sp³-hybridized carbons (Fsp3) is 0.750. The van der Waals surface area contributed by atoms with Gasteiger partial charge in [-0.1, -0.05) is 97.6 Å². The average molecular weight is 411 g/mol. The molecule has 0 amide bonds. The van der Waals surface area contributed by atoms with E-state index in [9.17, 15) is 4.57 Å². The van der Waals surface area contributed by atoms with Gasteiger partial charge in [-0.05, 0) is 36.5 Å². The molecule has 0 saturated heterocycles. The van der Waals surface area contributed by atoms with Gasteiger partial charge >= 0.3 is 7.60 Å². The van der Waals surface area contributed by atoms with E-state index in [0.717, 1.165) is 25.7 Å². The third kappa shape index (κ3) is 11.3. The third-order valence-electron chi connectivity index (χ3n) is 5.11. The molecule has 1 unspecified atom stereocenters. The summed E-state index contributed by atoms with van der Waals surface area (Å²) in [6, 6.07) is 7.92. The Morgan fingerprint density at radius 1 is 0.786 bits per heavy atom. The van der Waals surface area contributed by atoms with Crippen LogP contribution in [-0.2, 0) is 9.09 Å². The molecule has 1 aromatic carbocycles. The predicted octanol–water partition coefficient (Wildman–Crippen LogP) is 8.73. The normalized spacial score (nSPS) is 13.6. The van der Waals surface area contributed by atoms with Gasteiger partial charge in [-0.3, -0.25) is 4.52 Å². The van der Waals surface area contributed by atoms with E-state index in [-0.39, 0.29) is 0 Å². The highest BCUT2D eigenvalue weighted by Crippen LogP contribution is 2.49. The van der Waals surface area contributed by atoms with E-state index in [4.69, 9.17) is 9.05 Å². The minimum atomic E-state index is -3.07. The Labute approximate surface area is 174 Å². The van der Waals surface area contributed by atoms with Crippen LogP contribution in [0.4, 0.5) is 0 Å². The van der Waals surface area contributed by atoms with Crippen LogP contribution in [0.25, 0.3) is 0 Å². The predicted molar refractivity (Wildman–Crippen MR) is 122 cm³/mol. The van der Waals surface area contributed by atoms with Crippen LogP contribution >= 0.6 is 7.60 Å². The second kappa shape index (κ2) is 15.1. The summed E-state index contributed by atoms with van der Waals surface area (Å²) in [5.41, 5.74) is 1.26. The average Bonchev–Trinajstić information content (AvgIpc) is 2.68. The van der Waals surface area contributed by atoms with Gasteiger partial charge in [0.15, 0.2) is 0 Å². The Morgan fingerprint density at radius 3 is 1.86 bits per heavy atom. The molecule has 0 saturated carbocycles. The summed E-state index contributed by atoms with van der Waals surface area (Å²) >= 11 is 0. The fourth-order valence-corrected chi connectivity index (χ4v) is 5.01. The van der Waals surface area contributed by atoms with Crippen LogP contribution < -0.4 is 4.52 Å². The molecule has 0 fully saturated rings. The Kier molecular flexibility index (Phi) is 13.6. The van der Waals surface area contributed by atoms with Crippen LogP contribution in [0.2, 0.25) is 0 Å². The molecule has 1 aromatic rings. The van der Waals surface area contributed by atoms with Crippen molar-refractivity contribution in [1.82, 2.24) is 0 Å². The van der Waals surface area contributed by atoms with E-state index >= 15 is 0 Å². The molecule has 0 aliphatic rings. The smallest absolute Gasteiger partial charge is 0.379 e. The summed E-state index contributed by atoms with van der Waals surface area (Å²) in [5, 5.41) is 0. The van der Waals surface area contributed by atoms with Crippen LogP contribution in [-0.4, -0.2) is 12.8 Å². The Bertz CT molecular complexity index is 539. The largest absolute Gasteiger partial charge is 0.424 e. The monoisotopic (exact) mass is 410 g/mol. The number of unbranched alkanes of at least 4 members (excludes halogenated alkanes) is 9. The highest BCUT2D eigenvalue weighted by atomic mass is 31.2. The molecular weight excluding hydrogens is 367 g/mol. The van der Waals surface area contributed by atoms with E-state index in [0.29, 0.717) is 24.4 Å². The van der Waals surface area contributed by atoms with Crippen LogP contribution in [0.1, 0.15) is 110 Å². The molecule has 3 nitrogen and oxygen atoms in total. The molecule has 0 spiro atoms. The first-order valence-corrected chi connectivity index (χ1v) is 13.3. The lowest BCUT2D eigenvalue weighted by atomic mass is 10.0. The van der Waals surface area contributed by atoms with Crippen molar-refractivity contribution in [2.45, 2.75) is 104 Å². The van der Waals surface area contributed by atoms with E-state index < -0.39 is 7.60 Å². The van der Waals surface area contributed by atoms with E-state index in [1.54, 1.807) is 0 Å². The number of hydrogen-bond donors (Lipinski definition) is 0. The molecule has 0 heterocycles. The molecule has 28 heavy (non-hydrogen) atoms. The Hall–Kier alpha value is -0.790. The summed E-state index contributed by atoms with van der Waals surface area (Å²) in [7, 11) is -3.07. The molecule has 1 rings (SSSR count). The quantitative estimate of drug-likeness (QED) is 0.190. The number of hydrogen-bond acceptors (Lipinski definition) is 3. The first-order valence-electron chi connectivity index (χ1n) is 11.5. The van der Waals surface area contributed by atoms with Crippen molar-refractivity contribution in [3.05, 3.63) is 29.8 Å². The first-order chi connectivity index (χ1) is 13.5. The second-order valence-corrected chi connectivity index (χ2v) is 10.3. The van der Waals surface area contributed by atoms with Gasteiger partial charge in [-0.2, -0.15) is 0 Å². The van der Waals surface area contributed by atoms with Crippen molar-refractivity contribution in [1.29, 1.82) is 0 Å². The van der Waals surface area contributed by atoms with Gasteiger partial charge in [0.05, 0.1) is 12.8 Å². The molecule has 0 aromatic heterocycles. The van der Waals surface area contributed by atoms with Crippen molar-refractivity contribution in [2.75, 3.05) is 12.8 Å². The first kappa shape index (κ1) is 25.2. The molecule has 162 valence electrons. The van der Waals surface area contributed by atoms with Gasteiger partial charge in [-0.15, -0.1) is 0 Å². The molecular formula is C24H43O3P. The fourth-order valence-electron chi connectivity index (χ4n) is 3.18. The van der Waals surface area contributed by atoms with Gasteiger partial charge in [0, 0.05) is 0 Å². The van der Waals surface area contributed by atoms with Gasteiger partial charge in [0.1, 0.15) is 5.75 Å². The maximum Gasteiger partial charge on any atom is 0.379 e. The van der Waals surface area contributed by atoms with Crippen molar-refractivity contribution in [3.63, 3.8) is 0 Å². The van der Waals surface area contributed by atoms with Crippen molar-refractivity contribution in [3.8, 4) is 5.75 Å². The van der Waals surface area contributed by atoms with Gasteiger partial charge < -0.3 is 4.52 Å². The zero-order valence-corrected chi connectivity index (χ0v) is 19.6. The SMILES string of the molecule is CCCCCCCCCCCOP(=O)(CCCC)Oc1ccc(C(C)C)cc1. The standard InChI is InChI=1S/C24H43O3P/c1-5-7-9-10-11-12-13-14-15-20-26-28(25,21-8-6-2)27-24-18-16-23(17-19-24)22(3)4/h16-19,22H,5-15,20-21H2,1-4H3. The van der Waals surface area contributed by atoms with Gasteiger partial charge in [0.2, 0.25) is 0 Å². The summed E-state index contributed by atoms with van der Waals surface area (Å²) in [6.07, 6.45) is 13.7. The maximum absolute atomic E-state index is 13.2. The molecule has 0 aliphatic carbocycles. The van der Waals surface area contributed by atoms with Crippen LogP contribution in [0.5, 0.6) is 5.75 Å². The van der Waals surface area contributed by atoms with Gasteiger partial charge in [-0.25, -0.2) is 4.57 Å². The number of benzene rings is 1. The minimum Gasteiger partial charge on any atom is -0.424 e. The van der Waals surface area contributed by atoms with Crippen molar-refractivity contribution < 1.29 is 13.6 Å². The van der Waals surface area contributed by atoms with E-state index in [2.05, 4.69) is 27.7 Å². The molecule has 4 heteroatoms. The van der Waals surface area contributed by atoms with Crippen LogP contribution in [0, 0.1) is 0 Å². The third-order valence-corrected chi connectivity index (χ3v) is 7.04. The summed E-state index contributed by atoms with van der Waals surface area (Å²) in [5.74, 6) is 1.12. The zero-order chi connectivity index (χ0) is 20.7. The molecule has 0 radical (unpaired) electrons. The molecule has 0 bridgehead atoms. The van der Waals surface area contributed by atoms with Crippen LogP contribution in [0.15, 0.2) is 24.3 Å². The minimum absolute atomic E-state index is 0.476. The zero-order valence-electron chi connectivity index (χ0n) is 18.8. The topological polar surface area (TPSA) is 35.5 Å². The molecule has 1 atom stereocenters. The summed E-state index contributed by atoms with van der Waals surface area (Å²) in [4.78, 5) is 0. The van der Waals surface area contributed by atoms with E-state index in [1.807, 2.05) is 24.3 Å².